The number of nitrogens with one attached hydrogen (secondary N) is 1. The maximum atomic E-state index is 11.5. The summed E-state index contributed by atoms with van der Waals surface area (Å²) < 4.78 is 0. The van der Waals surface area contributed by atoms with Gasteiger partial charge in [0.15, 0.2) is 0 Å². The van der Waals surface area contributed by atoms with Crippen LogP contribution in [0.4, 0.5) is 5.69 Å². The summed E-state index contributed by atoms with van der Waals surface area (Å²) >= 11 is 0. The molecule has 0 aliphatic heterocycles. The first-order chi connectivity index (χ1) is 7.86. The zero-order chi connectivity index (χ0) is 11.2. The fourth-order valence-corrected chi connectivity index (χ4v) is 1.24. The van der Waals surface area contributed by atoms with Gasteiger partial charge >= 0.3 is 5.97 Å². The maximum absolute atomic E-state index is 11.5. The van der Waals surface area contributed by atoms with Crippen molar-refractivity contribution in [2.75, 3.05) is 5.48 Å². The molecule has 1 radical (unpaired) electrons. The summed E-state index contributed by atoms with van der Waals surface area (Å²) in [6.45, 7) is 0. The summed E-state index contributed by atoms with van der Waals surface area (Å²) in [5, 5.41) is 0. The Morgan fingerprint density at radius 3 is 2.00 bits per heavy atom. The molecule has 0 heterocycles. The van der Waals surface area contributed by atoms with E-state index in [1.807, 2.05) is 36.4 Å². The van der Waals surface area contributed by atoms with E-state index in [-0.39, 0.29) is 35.6 Å². The molecule has 0 bridgehead atoms. The number of hydrogen-bond donors (Lipinski definition) is 1. The van der Waals surface area contributed by atoms with Gasteiger partial charge in [0.1, 0.15) is 0 Å². The van der Waals surface area contributed by atoms with Crippen molar-refractivity contribution in [2.24, 2.45) is 0 Å². The van der Waals surface area contributed by atoms with Gasteiger partial charge in [-0.25, -0.2) is 10.3 Å². The van der Waals surface area contributed by atoms with E-state index in [9.17, 15) is 4.79 Å². The normalized spacial score (nSPS) is 8.94. The SMILES string of the molecule is O=C(ONc1ccccc1)c1ccccc1.[La]. The molecule has 0 amide bonds. The summed E-state index contributed by atoms with van der Waals surface area (Å²) in [5.74, 6) is -0.399. The van der Waals surface area contributed by atoms with Crippen LogP contribution in [0, 0.1) is 35.6 Å². The van der Waals surface area contributed by atoms with Crippen molar-refractivity contribution in [1.29, 1.82) is 0 Å². The van der Waals surface area contributed by atoms with Crippen molar-refractivity contribution in [2.45, 2.75) is 0 Å². The molecule has 2 aromatic carbocycles. The Balaban J connectivity index is 0.00000144. The molecule has 0 spiro atoms. The van der Waals surface area contributed by atoms with E-state index in [1.54, 1.807) is 24.3 Å². The predicted octanol–water partition coefficient (Wildman–Crippen LogP) is 2.87. The standard InChI is InChI=1S/C13H11NO2.La/c15-13(11-7-3-1-4-8-11)16-14-12-9-5-2-6-10-12;/h1-10,14H;. The predicted molar refractivity (Wildman–Crippen MR) is 61.9 cm³/mol. The van der Waals surface area contributed by atoms with E-state index < -0.39 is 5.97 Å². The van der Waals surface area contributed by atoms with Crippen LogP contribution >= 0.6 is 0 Å². The minimum absolute atomic E-state index is 0. The van der Waals surface area contributed by atoms with Gasteiger partial charge in [-0.2, -0.15) is 0 Å². The number of anilines is 1. The number of rotatable bonds is 3. The summed E-state index contributed by atoms with van der Waals surface area (Å²) in [5.41, 5.74) is 3.86. The van der Waals surface area contributed by atoms with Crippen LogP contribution in [-0.2, 0) is 4.84 Å². The van der Waals surface area contributed by atoms with E-state index in [2.05, 4.69) is 5.48 Å². The van der Waals surface area contributed by atoms with E-state index in [0.29, 0.717) is 5.56 Å². The van der Waals surface area contributed by atoms with Crippen molar-refractivity contribution >= 4 is 11.7 Å². The Morgan fingerprint density at radius 2 is 1.41 bits per heavy atom. The maximum Gasteiger partial charge on any atom is 0.362 e. The van der Waals surface area contributed by atoms with Crippen LogP contribution in [0.1, 0.15) is 10.4 Å². The number of benzene rings is 2. The zero-order valence-corrected chi connectivity index (χ0v) is 12.8. The molecular formula is C13H11LaNO2. The third-order valence-electron chi connectivity index (χ3n) is 2.04. The summed E-state index contributed by atoms with van der Waals surface area (Å²) in [6, 6.07) is 18.1. The third-order valence-corrected chi connectivity index (χ3v) is 2.04. The van der Waals surface area contributed by atoms with Crippen LogP contribution < -0.4 is 5.48 Å². The average molecular weight is 352 g/mol. The molecule has 4 heteroatoms. The number of carbonyl (C=O) groups excluding carboxylic acids is 1. The Hall–Kier alpha value is -1.10. The second-order valence-electron chi connectivity index (χ2n) is 3.22. The van der Waals surface area contributed by atoms with Crippen LogP contribution in [-0.4, -0.2) is 5.97 Å². The number of para-hydroxylation sites is 1. The minimum Gasteiger partial charge on any atom is -0.338 e. The van der Waals surface area contributed by atoms with Gasteiger partial charge in [-0.15, -0.1) is 0 Å². The Kier molecular flexibility index (Phi) is 5.98. The van der Waals surface area contributed by atoms with Gasteiger partial charge in [-0.3, -0.25) is 0 Å². The second-order valence-corrected chi connectivity index (χ2v) is 3.22. The van der Waals surface area contributed by atoms with Crippen molar-refractivity contribution in [3.63, 3.8) is 0 Å². The van der Waals surface area contributed by atoms with E-state index in [0.717, 1.165) is 5.69 Å². The van der Waals surface area contributed by atoms with Gasteiger partial charge in [-0.1, -0.05) is 36.4 Å². The smallest absolute Gasteiger partial charge is 0.338 e. The monoisotopic (exact) mass is 352 g/mol. The minimum atomic E-state index is -0.399. The molecule has 0 unspecified atom stereocenters. The molecule has 83 valence electrons. The van der Waals surface area contributed by atoms with Crippen molar-refractivity contribution in [3.05, 3.63) is 66.2 Å². The third kappa shape index (κ3) is 4.34. The van der Waals surface area contributed by atoms with Crippen LogP contribution in [0.3, 0.4) is 0 Å². The Labute approximate surface area is 128 Å². The molecule has 0 saturated carbocycles. The quantitative estimate of drug-likeness (QED) is 0.864. The molecule has 0 aliphatic carbocycles. The van der Waals surface area contributed by atoms with Crippen LogP contribution in [0.25, 0.3) is 0 Å². The fraction of sp³-hybridized carbons (Fsp3) is 0. The van der Waals surface area contributed by atoms with Crippen molar-refractivity contribution < 1.29 is 45.2 Å². The van der Waals surface area contributed by atoms with E-state index in [1.165, 1.54) is 0 Å². The molecule has 2 rings (SSSR count). The Bertz CT molecular complexity index is 459. The first-order valence-corrected chi connectivity index (χ1v) is 4.93. The number of carbonyl (C=O) groups is 1. The van der Waals surface area contributed by atoms with Crippen LogP contribution in [0.2, 0.25) is 0 Å². The molecular weight excluding hydrogens is 341 g/mol. The van der Waals surface area contributed by atoms with Gasteiger partial charge in [0, 0.05) is 35.6 Å². The van der Waals surface area contributed by atoms with Crippen molar-refractivity contribution in [1.82, 2.24) is 0 Å². The molecule has 3 nitrogen and oxygen atoms in total. The van der Waals surface area contributed by atoms with Crippen LogP contribution in [0.5, 0.6) is 0 Å². The van der Waals surface area contributed by atoms with Gasteiger partial charge in [-0.05, 0) is 24.3 Å². The molecule has 1 N–H and O–H groups in total. The molecule has 0 fully saturated rings. The summed E-state index contributed by atoms with van der Waals surface area (Å²) in [6.07, 6.45) is 0. The average Bonchev–Trinajstić information content (AvgIpc) is 2.38. The first kappa shape index (κ1) is 14.0. The summed E-state index contributed by atoms with van der Waals surface area (Å²) in [7, 11) is 0. The number of hydrogen-bond acceptors (Lipinski definition) is 3. The van der Waals surface area contributed by atoms with Crippen LogP contribution in [0.15, 0.2) is 60.7 Å². The molecule has 2 aromatic rings. The molecule has 0 aromatic heterocycles. The fourth-order valence-electron chi connectivity index (χ4n) is 1.24. The van der Waals surface area contributed by atoms with Gasteiger partial charge in [0.2, 0.25) is 0 Å². The van der Waals surface area contributed by atoms with Gasteiger partial charge in [0.05, 0.1) is 11.3 Å². The second kappa shape index (κ2) is 7.27. The largest absolute Gasteiger partial charge is 0.362 e. The van der Waals surface area contributed by atoms with E-state index in [4.69, 9.17) is 4.84 Å². The zero-order valence-electron chi connectivity index (χ0n) is 9.17. The molecule has 0 aliphatic rings. The molecule has 17 heavy (non-hydrogen) atoms. The van der Waals surface area contributed by atoms with Gasteiger partial charge < -0.3 is 4.84 Å². The molecule has 0 saturated heterocycles. The first-order valence-electron chi connectivity index (χ1n) is 4.93. The van der Waals surface area contributed by atoms with E-state index >= 15 is 0 Å². The van der Waals surface area contributed by atoms with Crippen molar-refractivity contribution in [3.8, 4) is 0 Å². The topological polar surface area (TPSA) is 38.3 Å². The Morgan fingerprint density at radius 1 is 0.882 bits per heavy atom. The van der Waals surface area contributed by atoms with Gasteiger partial charge in [0.25, 0.3) is 0 Å². The molecule has 0 atom stereocenters. The summed E-state index contributed by atoms with van der Waals surface area (Å²) in [4.78, 5) is 16.5.